The monoisotopic (exact) mass is 382 g/mol. The Bertz CT molecular complexity index is 660. The number of nitrogens with zero attached hydrogens (tertiary/aromatic N) is 3. The molecule has 2 aliphatic rings. The van der Waals surface area contributed by atoms with E-state index in [0.717, 1.165) is 25.7 Å². The van der Waals surface area contributed by atoms with E-state index < -0.39 is 5.54 Å². The predicted molar refractivity (Wildman–Crippen MR) is 104 cm³/mol. The van der Waals surface area contributed by atoms with E-state index >= 15 is 0 Å². The van der Waals surface area contributed by atoms with Gasteiger partial charge in [-0.3, -0.25) is 14.9 Å². The second-order valence-corrected chi connectivity index (χ2v) is 7.36. The molecule has 1 heterocycles. The van der Waals surface area contributed by atoms with Crippen molar-refractivity contribution < 1.29 is 9.72 Å². The van der Waals surface area contributed by atoms with E-state index in [4.69, 9.17) is 5.73 Å². The van der Waals surface area contributed by atoms with Crippen LogP contribution in [0.1, 0.15) is 32.6 Å². The van der Waals surface area contributed by atoms with Crippen LogP contribution in [-0.2, 0) is 4.79 Å². The van der Waals surface area contributed by atoms with E-state index in [2.05, 4.69) is 0 Å². The fraction of sp³-hybridized carbons (Fsp3) is 0.611. The number of nitrogens with two attached hydrogens (primary N) is 1. The molecule has 1 aliphatic carbocycles. The van der Waals surface area contributed by atoms with Crippen molar-refractivity contribution in [3.05, 3.63) is 34.4 Å². The minimum atomic E-state index is -0.426. The number of hydrogen-bond donors (Lipinski definition) is 1. The van der Waals surface area contributed by atoms with Crippen molar-refractivity contribution in [3.8, 4) is 0 Å². The Kier molecular flexibility index (Phi) is 6.47. The molecular formula is C18H27ClN4O3. The van der Waals surface area contributed by atoms with Crippen molar-refractivity contribution in [1.82, 2.24) is 4.90 Å². The van der Waals surface area contributed by atoms with Crippen molar-refractivity contribution in [3.63, 3.8) is 0 Å². The van der Waals surface area contributed by atoms with Crippen LogP contribution >= 0.6 is 12.4 Å². The van der Waals surface area contributed by atoms with Crippen molar-refractivity contribution in [2.75, 3.05) is 31.1 Å². The highest BCUT2D eigenvalue weighted by molar-refractivity contribution is 5.85. The van der Waals surface area contributed by atoms with E-state index in [1.165, 1.54) is 6.07 Å². The van der Waals surface area contributed by atoms with Gasteiger partial charge in [0, 0.05) is 37.8 Å². The van der Waals surface area contributed by atoms with Crippen molar-refractivity contribution in [2.45, 2.75) is 38.1 Å². The topological polar surface area (TPSA) is 92.7 Å². The Morgan fingerprint density at radius 1 is 1.23 bits per heavy atom. The Hall–Kier alpha value is -1.86. The number of carbonyl (C=O) groups is 1. The van der Waals surface area contributed by atoms with Crippen LogP contribution in [0.25, 0.3) is 0 Å². The number of benzene rings is 1. The zero-order chi connectivity index (χ0) is 18.0. The first kappa shape index (κ1) is 20.5. The molecule has 0 radical (unpaired) electrons. The number of para-hydroxylation sites is 2. The molecule has 144 valence electrons. The molecule has 1 aliphatic heterocycles. The quantitative estimate of drug-likeness (QED) is 0.640. The summed E-state index contributed by atoms with van der Waals surface area (Å²) in [6, 6.07) is 6.77. The zero-order valence-electron chi connectivity index (χ0n) is 15.1. The SMILES string of the molecule is CC1(N)CCCCC1C(=O)N1CCN(c2ccccc2[N+](=O)[O-])CC1.Cl. The number of amides is 1. The molecule has 3 rings (SSSR count). The summed E-state index contributed by atoms with van der Waals surface area (Å²) in [4.78, 5) is 27.6. The summed E-state index contributed by atoms with van der Waals surface area (Å²) >= 11 is 0. The molecule has 2 atom stereocenters. The number of rotatable bonds is 3. The molecule has 1 saturated heterocycles. The summed E-state index contributed by atoms with van der Waals surface area (Å²) in [5.74, 6) is 0.0331. The molecule has 0 aromatic heterocycles. The first-order valence-corrected chi connectivity index (χ1v) is 8.96. The Morgan fingerprint density at radius 3 is 2.50 bits per heavy atom. The first-order chi connectivity index (χ1) is 11.9. The standard InChI is InChI=1S/C18H26N4O3.ClH/c1-18(19)9-5-4-6-14(18)17(23)21-12-10-20(11-13-21)15-7-2-3-8-16(15)22(24)25;/h2-3,7-8,14H,4-6,9-13,19H2,1H3;1H. The van der Waals surface area contributed by atoms with Gasteiger partial charge in [-0.15, -0.1) is 12.4 Å². The smallest absolute Gasteiger partial charge is 0.292 e. The number of nitro benzene ring substituents is 1. The molecule has 0 bridgehead atoms. The van der Waals surface area contributed by atoms with Crippen molar-refractivity contribution in [1.29, 1.82) is 0 Å². The van der Waals surface area contributed by atoms with Gasteiger partial charge < -0.3 is 15.5 Å². The molecule has 1 aromatic rings. The van der Waals surface area contributed by atoms with E-state index in [1.54, 1.807) is 12.1 Å². The lowest BCUT2D eigenvalue weighted by Gasteiger charge is -2.42. The average molecular weight is 383 g/mol. The number of hydrogen-bond acceptors (Lipinski definition) is 5. The van der Waals surface area contributed by atoms with Crippen LogP contribution in [0.15, 0.2) is 24.3 Å². The van der Waals surface area contributed by atoms with Gasteiger partial charge in [0.1, 0.15) is 5.69 Å². The van der Waals surface area contributed by atoms with Crippen molar-refractivity contribution in [2.24, 2.45) is 11.7 Å². The number of anilines is 1. The Morgan fingerprint density at radius 2 is 1.88 bits per heavy atom. The molecule has 26 heavy (non-hydrogen) atoms. The maximum Gasteiger partial charge on any atom is 0.292 e. The second-order valence-electron chi connectivity index (χ2n) is 7.36. The van der Waals surface area contributed by atoms with Gasteiger partial charge in [-0.05, 0) is 25.8 Å². The summed E-state index contributed by atoms with van der Waals surface area (Å²) < 4.78 is 0. The normalized spacial score (nSPS) is 26.2. The van der Waals surface area contributed by atoms with Crippen molar-refractivity contribution >= 4 is 29.7 Å². The average Bonchev–Trinajstić information content (AvgIpc) is 2.61. The third kappa shape index (κ3) is 4.10. The molecular weight excluding hydrogens is 356 g/mol. The second kappa shape index (κ2) is 8.22. The number of piperazine rings is 1. The fourth-order valence-electron chi connectivity index (χ4n) is 4.04. The Labute approximate surface area is 160 Å². The van der Waals surface area contributed by atoms with Gasteiger partial charge in [0.2, 0.25) is 5.91 Å². The van der Waals surface area contributed by atoms with Crippen LogP contribution < -0.4 is 10.6 Å². The largest absolute Gasteiger partial charge is 0.362 e. The van der Waals surface area contributed by atoms with Gasteiger partial charge in [-0.25, -0.2) is 0 Å². The van der Waals surface area contributed by atoms with E-state index in [1.807, 2.05) is 22.8 Å². The minimum absolute atomic E-state index is 0. The molecule has 2 fully saturated rings. The molecule has 7 nitrogen and oxygen atoms in total. The molecule has 1 amide bonds. The van der Waals surface area contributed by atoms with Crippen LogP contribution in [0.4, 0.5) is 11.4 Å². The summed E-state index contributed by atoms with van der Waals surface area (Å²) in [6.07, 6.45) is 3.89. The number of nitro groups is 1. The van der Waals surface area contributed by atoms with Gasteiger partial charge in [0.05, 0.1) is 10.8 Å². The molecule has 0 spiro atoms. The van der Waals surface area contributed by atoms with E-state index in [0.29, 0.717) is 31.9 Å². The maximum absolute atomic E-state index is 12.9. The van der Waals surface area contributed by atoms with Gasteiger partial charge in [0.25, 0.3) is 5.69 Å². The van der Waals surface area contributed by atoms with Crippen LogP contribution in [0.5, 0.6) is 0 Å². The molecule has 2 N–H and O–H groups in total. The molecule has 2 unspecified atom stereocenters. The minimum Gasteiger partial charge on any atom is -0.362 e. The summed E-state index contributed by atoms with van der Waals surface area (Å²) in [6.45, 7) is 4.35. The summed E-state index contributed by atoms with van der Waals surface area (Å²) in [5.41, 5.74) is 6.68. The summed E-state index contributed by atoms with van der Waals surface area (Å²) in [5, 5.41) is 11.2. The fourth-order valence-corrected chi connectivity index (χ4v) is 4.04. The lowest BCUT2D eigenvalue weighted by atomic mass is 9.74. The van der Waals surface area contributed by atoms with Crippen LogP contribution in [0.2, 0.25) is 0 Å². The van der Waals surface area contributed by atoms with E-state index in [-0.39, 0.29) is 34.8 Å². The van der Waals surface area contributed by atoms with Gasteiger partial charge in [-0.2, -0.15) is 0 Å². The highest BCUT2D eigenvalue weighted by atomic mass is 35.5. The zero-order valence-corrected chi connectivity index (χ0v) is 15.9. The van der Waals surface area contributed by atoms with Gasteiger partial charge in [-0.1, -0.05) is 25.0 Å². The third-order valence-corrected chi connectivity index (χ3v) is 5.56. The first-order valence-electron chi connectivity index (χ1n) is 8.96. The Balaban J connectivity index is 0.00000243. The number of carbonyl (C=O) groups excluding carboxylic acids is 1. The summed E-state index contributed by atoms with van der Waals surface area (Å²) in [7, 11) is 0. The molecule has 1 aromatic carbocycles. The van der Waals surface area contributed by atoms with E-state index in [9.17, 15) is 14.9 Å². The molecule has 1 saturated carbocycles. The number of halogens is 1. The van der Waals surface area contributed by atoms with Gasteiger partial charge in [0.15, 0.2) is 0 Å². The predicted octanol–water partition coefficient (Wildman–Crippen LogP) is 2.57. The molecule has 8 heteroatoms. The lowest BCUT2D eigenvalue weighted by molar-refractivity contribution is -0.384. The highest BCUT2D eigenvalue weighted by Gasteiger charge is 2.40. The highest BCUT2D eigenvalue weighted by Crippen LogP contribution is 2.34. The van der Waals surface area contributed by atoms with Gasteiger partial charge >= 0.3 is 0 Å². The third-order valence-electron chi connectivity index (χ3n) is 5.56. The van der Waals surface area contributed by atoms with Crippen LogP contribution in [-0.4, -0.2) is 47.4 Å². The van der Waals surface area contributed by atoms with Crippen LogP contribution in [0, 0.1) is 16.0 Å². The van der Waals surface area contributed by atoms with Crippen LogP contribution in [0.3, 0.4) is 0 Å². The lowest BCUT2D eigenvalue weighted by Crippen LogP contribution is -2.57. The maximum atomic E-state index is 12.9.